The lowest BCUT2D eigenvalue weighted by atomic mass is 10.1. The second kappa shape index (κ2) is 5.45. The third-order valence-corrected chi connectivity index (χ3v) is 3.64. The lowest BCUT2D eigenvalue weighted by molar-refractivity contribution is 0.357. The maximum absolute atomic E-state index is 5.52. The van der Waals surface area contributed by atoms with Crippen LogP contribution in [0.2, 0.25) is 0 Å². The van der Waals surface area contributed by atoms with E-state index in [1.165, 1.54) is 16.8 Å². The molecule has 1 aliphatic heterocycles. The molecule has 0 atom stereocenters. The fourth-order valence-corrected chi connectivity index (χ4v) is 2.41. The molecular weight excluding hydrogens is 248 g/mol. The van der Waals surface area contributed by atoms with Crippen LogP contribution in [0.4, 0.5) is 11.4 Å². The predicted molar refractivity (Wildman–Crippen MR) is 83.7 cm³/mol. The fraction of sp³-hybridized carbons (Fsp3) is 0.294. The van der Waals surface area contributed by atoms with Crippen LogP contribution >= 0.6 is 0 Å². The number of rotatable bonds is 4. The zero-order valence-corrected chi connectivity index (χ0v) is 12.0. The lowest BCUT2D eigenvalue weighted by Crippen LogP contribution is -2.08. The zero-order valence-electron chi connectivity index (χ0n) is 12.0. The highest BCUT2D eigenvalue weighted by Crippen LogP contribution is 2.28. The minimum Gasteiger partial charge on any atom is -0.493 e. The van der Waals surface area contributed by atoms with Crippen LogP contribution in [0, 0.1) is 0 Å². The Hall–Kier alpha value is -2.16. The SMILES string of the molecule is CN(C)c1ccc(CNc2ccc3c(c2)CCO3)cc1. The van der Waals surface area contributed by atoms with Crippen molar-refractivity contribution < 1.29 is 4.74 Å². The van der Waals surface area contributed by atoms with Gasteiger partial charge in [-0.15, -0.1) is 0 Å². The fourth-order valence-electron chi connectivity index (χ4n) is 2.41. The molecule has 0 bridgehead atoms. The molecule has 0 unspecified atom stereocenters. The maximum atomic E-state index is 5.52. The Bertz CT molecular complexity index is 590. The van der Waals surface area contributed by atoms with E-state index in [-0.39, 0.29) is 0 Å². The Morgan fingerprint density at radius 1 is 1.10 bits per heavy atom. The van der Waals surface area contributed by atoms with Crippen molar-refractivity contribution in [3.8, 4) is 5.75 Å². The maximum Gasteiger partial charge on any atom is 0.122 e. The molecule has 0 spiro atoms. The molecule has 0 saturated heterocycles. The van der Waals surface area contributed by atoms with Gasteiger partial charge in [0.05, 0.1) is 6.61 Å². The first-order chi connectivity index (χ1) is 9.72. The van der Waals surface area contributed by atoms with Crippen LogP contribution in [0.5, 0.6) is 5.75 Å². The number of nitrogens with one attached hydrogen (secondary N) is 1. The third-order valence-electron chi connectivity index (χ3n) is 3.64. The highest BCUT2D eigenvalue weighted by Gasteiger charge is 2.11. The average molecular weight is 268 g/mol. The summed E-state index contributed by atoms with van der Waals surface area (Å²) in [4.78, 5) is 2.11. The van der Waals surface area contributed by atoms with Gasteiger partial charge in [-0.2, -0.15) is 0 Å². The molecule has 20 heavy (non-hydrogen) atoms. The Morgan fingerprint density at radius 2 is 1.90 bits per heavy atom. The molecule has 1 heterocycles. The standard InChI is InChI=1S/C17H20N2O/c1-19(2)16-6-3-13(4-7-16)12-18-15-5-8-17-14(11-15)9-10-20-17/h3-8,11,18H,9-10,12H2,1-2H3. The van der Waals surface area contributed by atoms with Crippen molar-refractivity contribution in [2.45, 2.75) is 13.0 Å². The Labute approximate surface area is 120 Å². The third kappa shape index (κ3) is 2.72. The summed E-state index contributed by atoms with van der Waals surface area (Å²) in [6.45, 7) is 1.65. The van der Waals surface area contributed by atoms with Crippen molar-refractivity contribution in [3.63, 3.8) is 0 Å². The second-order valence-electron chi connectivity index (χ2n) is 5.34. The minimum absolute atomic E-state index is 0.810. The van der Waals surface area contributed by atoms with Gasteiger partial charge in [0.15, 0.2) is 0 Å². The smallest absolute Gasteiger partial charge is 0.122 e. The average Bonchev–Trinajstić information content (AvgIpc) is 2.93. The molecule has 1 aliphatic rings. The number of hydrogen-bond acceptors (Lipinski definition) is 3. The van der Waals surface area contributed by atoms with Crippen LogP contribution in [0.1, 0.15) is 11.1 Å². The van der Waals surface area contributed by atoms with Crippen LogP contribution in [0.25, 0.3) is 0 Å². The molecule has 104 valence electrons. The van der Waals surface area contributed by atoms with E-state index >= 15 is 0 Å². The van der Waals surface area contributed by atoms with Gasteiger partial charge >= 0.3 is 0 Å². The van der Waals surface area contributed by atoms with Gasteiger partial charge in [0, 0.05) is 38.4 Å². The molecule has 0 amide bonds. The van der Waals surface area contributed by atoms with Gasteiger partial charge in [-0.3, -0.25) is 0 Å². The summed E-state index contributed by atoms with van der Waals surface area (Å²) in [5, 5.41) is 3.47. The van der Waals surface area contributed by atoms with Crippen LogP contribution in [0.3, 0.4) is 0 Å². The molecule has 2 aromatic carbocycles. The lowest BCUT2D eigenvalue weighted by Gasteiger charge is -2.13. The van der Waals surface area contributed by atoms with E-state index in [2.05, 4.69) is 66.8 Å². The quantitative estimate of drug-likeness (QED) is 0.920. The van der Waals surface area contributed by atoms with Crippen molar-refractivity contribution in [1.29, 1.82) is 0 Å². The molecule has 3 heteroatoms. The zero-order chi connectivity index (χ0) is 13.9. The summed E-state index contributed by atoms with van der Waals surface area (Å²) in [7, 11) is 4.11. The van der Waals surface area contributed by atoms with Crippen molar-refractivity contribution in [2.24, 2.45) is 0 Å². The first kappa shape index (κ1) is 12.9. The summed E-state index contributed by atoms with van der Waals surface area (Å²) < 4.78 is 5.52. The van der Waals surface area contributed by atoms with Gasteiger partial charge in [0.2, 0.25) is 0 Å². The van der Waals surface area contributed by atoms with Crippen molar-refractivity contribution >= 4 is 11.4 Å². The largest absolute Gasteiger partial charge is 0.493 e. The van der Waals surface area contributed by atoms with Gasteiger partial charge in [-0.05, 0) is 41.5 Å². The molecule has 0 fully saturated rings. The highest BCUT2D eigenvalue weighted by molar-refractivity contribution is 5.53. The van der Waals surface area contributed by atoms with Crippen LogP contribution in [-0.2, 0) is 13.0 Å². The molecule has 0 aromatic heterocycles. The molecule has 0 saturated carbocycles. The van der Waals surface area contributed by atoms with E-state index in [0.29, 0.717) is 0 Å². The Morgan fingerprint density at radius 3 is 2.65 bits per heavy atom. The van der Waals surface area contributed by atoms with E-state index < -0.39 is 0 Å². The Balaban J connectivity index is 1.64. The van der Waals surface area contributed by atoms with E-state index in [1.54, 1.807) is 0 Å². The first-order valence-corrected chi connectivity index (χ1v) is 6.98. The van der Waals surface area contributed by atoms with Gasteiger partial charge in [-0.25, -0.2) is 0 Å². The molecule has 3 nitrogen and oxygen atoms in total. The summed E-state index contributed by atoms with van der Waals surface area (Å²) >= 11 is 0. The van der Waals surface area contributed by atoms with Crippen LogP contribution in [-0.4, -0.2) is 20.7 Å². The van der Waals surface area contributed by atoms with Crippen LogP contribution in [0.15, 0.2) is 42.5 Å². The summed E-state index contributed by atoms with van der Waals surface area (Å²) in [6.07, 6.45) is 1.02. The number of ether oxygens (including phenoxy) is 1. The van der Waals surface area contributed by atoms with E-state index in [1.807, 2.05) is 0 Å². The Kier molecular flexibility index (Phi) is 3.50. The predicted octanol–water partition coefficient (Wildman–Crippen LogP) is 3.30. The number of benzene rings is 2. The summed E-state index contributed by atoms with van der Waals surface area (Å²) in [5.41, 5.74) is 4.97. The van der Waals surface area contributed by atoms with Crippen molar-refractivity contribution in [1.82, 2.24) is 0 Å². The topological polar surface area (TPSA) is 24.5 Å². The molecule has 0 radical (unpaired) electrons. The van der Waals surface area contributed by atoms with E-state index in [9.17, 15) is 0 Å². The molecule has 2 aromatic rings. The second-order valence-corrected chi connectivity index (χ2v) is 5.34. The number of hydrogen-bond donors (Lipinski definition) is 1. The summed E-state index contributed by atoms with van der Waals surface area (Å²) in [6, 6.07) is 15.0. The minimum atomic E-state index is 0.810. The summed E-state index contributed by atoms with van der Waals surface area (Å²) in [5.74, 6) is 1.03. The number of fused-ring (bicyclic) bond motifs is 1. The van der Waals surface area contributed by atoms with Gasteiger partial charge in [-0.1, -0.05) is 12.1 Å². The van der Waals surface area contributed by atoms with Gasteiger partial charge < -0.3 is 15.0 Å². The van der Waals surface area contributed by atoms with Gasteiger partial charge in [0.1, 0.15) is 5.75 Å². The normalized spacial score (nSPS) is 12.7. The monoisotopic (exact) mass is 268 g/mol. The van der Waals surface area contributed by atoms with E-state index in [0.717, 1.165) is 31.0 Å². The number of nitrogens with zero attached hydrogens (tertiary/aromatic N) is 1. The molecule has 1 N–H and O–H groups in total. The molecule has 0 aliphatic carbocycles. The number of anilines is 2. The molecular formula is C17H20N2O. The van der Waals surface area contributed by atoms with Crippen LogP contribution < -0.4 is 15.0 Å². The van der Waals surface area contributed by atoms with Gasteiger partial charge in [0.25, 0.3) is 0 Å². The van der Waals surface area contributed by atoms with E-state index in [4.69, 9.17) is 4.74 Å². The van der Waals surface area contributed by atoms with Crippen molar-refractivity contribution in [3.05, 3.63) is 53.6 Å². The first-order valence-electron chi connectivity index (χ1n) is 6.98. The highest BCUT2D eigenvalue weighted by atomic mass is 16.5. The molecule has 3 rings (SSSR count). The van der Waals surface area contributed by atoms with Crippen molar-refractivity contribution in [2.75, 3.05) is 30.9 Å².